The molecule has 0 radical (unpaired) electrons. The molecule has 0 aliphatic carbocycles. The fourth-order valence-corrected chi connectivity index (χ4v) is 3.51. The van der Waals surface area contributed by atoms with Crippen LogP contribution in [0.4, 0.5) is 5.82 Å². The van der Waals surface area contributed by atoms with Crippen molar-refractivity contribution >= 4 is 22.4 Å². The first kappa shape index (κ1) is 16.1. The minimum atomic E-state index is 0.310. The molecule has 5 rings (SSSR count). The standard InChI is InChI=1S/C20H20N6O/c1-13-9-17-14(3-2-7-21-17)10-15(13)11-20-24-23-19-5-4-18(25-26(19)20)22-16-6-8-27-12-16/h2-5,7,9-10,16H,6,8,11-12H2,1H3,(H,22,25). The number of nitrogens with one attached hydrogen (secondary N) is 1. The van der Waals surface area contributed by atoms with Gasteiger partial charge in [-0.3, -0.25) is 4.98 Å². The summed E-state index contributed by atoms with van der Waals surface area (Å²) in [4.78, 5) is 4.43. The van der Waals surface area contributed by atoms with Crippen LogP contribution in [0.3, 0.4) is 0 Å². The quantitative estimate of drug-likeness (QED) is 0.603. The molecule has 1 saturated heterocycles. The van der Waals surface area contributed by atoms with Crippen LogP contribution in [0.25, 0.3) is 16.6 Å². The molecule has 7 nitrogen and oxygen atoms in total. The van der Waals surface area contributed by atoms with Gasteiger partial charge < -0.3 is 10.1 Å². The summed E-state index contributed by atoms with van der Waals surface area (Å²) >= 11 is 0. The van der Waals surface area contributed by atoms with Crippen LogP contribution in [-0.4, -0.2) is 44.1 Å². The molecule has 1 aliphatic rings. The number of aromatic nitrogens is 5. The predicted octanol–water partition coefficient (Wildman–Crippen LogP) is 2.77. The fraction of sp³-hybridized carbons (Fsp3) is 0.300. The first-order valence-electron chi connectivity index (χ1n) is 9.16. The Balaban J connectivity index is 1.48. The average molecular weight is 360 g/mol. The van der Waals surface area contributed by atoms with Crippen molar-refractivity contribution in [2.24, 2.45) is 0 Å². The molecule has 3 aromatic heterocycles. The van der Waals surface area contributed by atoms with Crippen molar-refractivity contribution in [1.29, 1.82) is 0 Å². The number of hydrogen-bond donors (Lipinski definition) is 1. The number of benzene rings is 1. The first-order chi connectivity index (χ1) is 13.3. The largest absolute Gasteiger partial charge is 0.379 e. The van der Waals surface area contributed by atoms with Gasteiger partial charge in [-0.25, -0.2) is 0 Å². The summed E-state index contributed by atoms with van der Waals surface area (Å²) in [5.41, 5.74) is 4.15. The number of pyridine rings is 1. The van der Waals surface area contributed by atoms with E-state index in [0.717, 1.165) is 47.8 Å². The van der Waals surface area contributed by atoms with Crippen molar-refractivity contribution in [2.75, 3.05) is 18.5 Å². The third-order valence-corrected chi connectivity index (χ3v) is 5.02. The molecule has 4 aromatic rings. The molecule has 4 heterocycles. The second kappa shape index (κ2) is 6.59. The van der Waals surface area contributed by atoms with Crippen LogP contribution in [0.2, 0.25) is 0 Å². The van der Waals surface area contributed by atoms with Crippen LogP contribution < -0.4 is 5.32 Å². The maximum atomic E-state index is 5.43. The Hall–Kier alpha value is -3.06. The van der Waals surface area contributed by atoms with Gasteiger partial charge in [-0.2, -0.15) is 4.52 Å². The van der Waals surface area contributed by atoms with E-state index in [1.54, 1.807) is 0 Å². The number of rotatable bonds is 4. The summed E-state index contributed by atoms with van der Waals surface area (Å²) in [6, 6.07) is 12.5. The van der Waals surface area contributed by atoms with Crippen molar-refractivity contribution in [1.82, 2.24) is 24.8 Å². The smallest absolute Gasteiger partial charge is 0.178 e. The maximum Gasteiger partial charge on any atom is 0.178 e. The summed E-state index contributed by atoms with van der Waals surface area (Å²) in [5.74, 6) is 1.64. The lowest BCUT2D eigenvalue weighted by Gasteiger charge is -2.11. The Morgan fingerprint density at radius 1 is 1.22 bits per heavy atom. The second-order valence-corrected chi connectivity index (χ2v) is 6.96. The van der Waals surface area contributed by atoms with Gasteiger partial charge in [-0.1, -0.05) is 6.07 Å². The molecule has 1 fully saturated rings. The zero-order valence-corrected chi connectivity index (χ0v) is 15.1. The Kier molecular flexibility index (Phi) is 3.94. The van der Waals surface area contributed by atoms with Crippen LogP contribution in [0, 0.1) is 6.92 Å². The van der Waals surface area contributed by atoms with Gasteiger partial charge in [0.15, 0.2) is 11.5 Å². The van der Waals surface area contributed by atoms with E-state index in [-0.39, 0.29) is 0 Å². The van der Waals surface area contributed by atoms with E-state index in [1.807, 2.05) is 28.9 Å². The number of anilines is 1. The lowest BCUT2D eigenvalue weighted by atomic mass is 10.0. The molecule has 136 valence electrons. The van der Waals surface area contributed by atoms with Crippen LogP contribution in [0.5, 0.6) is 0 Å². The van der Waals surface area contributed by atoms with Gasteiger partial charge in [-0.15, -0.1) is 15.3 Å². The minimum absolute atomic E-state index is 0.310. The molecular formula is C20H20N6O. The molecule has 1 atom stereocenters. The normalized spacial score (nSPS) is 17.0. The van der Waals surface area contributed by atoms with E-state index in [4.69, 9.17) is 9.84 Å². The number of ether oxygens (including phenoxy) is 1. The van der Waals surface area contributed by atoms with Crippen LogP contribution in [0.15, 0.2) is 42.6 Å². The SMILES string of the molecule is Cc1cc2ncccc2cc1Cc1nnc2ccc(NC3CCOC3)nn12. The third kappa shape index (κ3) is 3.10. The molecule has 1 aliphatic heterocycles. The van der Waals surface area contributed by atoms with Crippen molar-refractivity contribution in [3.8, 4) is 0 Å². The third-order valence-electron chi connectivity index (χ3n) is 5.02. The Bertz CT molecular complexity index is 1120. The van der Waals surface area contributed by atoms with Crippen molar-refractivity contribution < 1.29 is 4.74 Å². The lowest BCUT2D eigenvalue weighted by Crippen LogP contribution is -2.20. The van der Waals surface area contributed by atoms with Crippen molar-refractivity contribution in [3.63, 3.8) is 0 Å². The summed E-state index contributed by atoms with van der Waals surface area (Å²) in [5, 5.41) is 17.9. The maximum absolute atomic E-state index is 5.43. The summed E-state index contributed by atoms with van der Waals surface area (Å²) < 4.78 is 7.25. The summed E-state index contributed by atoms with van der Waals surface area (Å²) in [6.45, 7) is 3.63. The number of aryl methyl sites for hydroxylation is 1. The molecule has 0 saturated carbocycles. The van der Waals surface area contributed by atoms with Crippen LogP contribution >= 0.6 is 0 Å². The van der Waals surface area contributed by atoms with E-state index in [0.29, 0.717) is 12.5 Å². The highest BCUT2D eigenvalue weighted by Crippen LogP contribution is 2.21. The molecule has 1 aromatic carbocycles. The zero-order valence-electron chi connectivity index (χ0n) is 15.1. The molecule has 0 bridgehead atoms. The molecule has 7 heteroatoms. The van der Waals surface area contributed by atoms with Crippen LogP contribution in [0.1, 0.15) is 23.4 Å². The predicted molar refractivity (Wildman–Crippen MR) is 103 cm³/mol. The summed E-state index contributed by atoms with van der Waals surface area (Å²) in [7, 11) is 0. The highest BCUT2D eigenvalue weighted by atomic mass is 16.5. The highest BCUT2D eigenvalue weighted by Gasteiger charge is 2.17. The van der Waals surface area contributed by atoms with E-state index >= 15 is 0 Å². The Morgan fingerprint density at radius 2 is 2.19 bits per heavy atom. The second-order valence-electron chi connectivity index (χ2n) is 6.96. The van der Waals surface area contributed by atoms with Gasteiger partial charge >= 0.3 is 0 Å². The molecular weight excluding hydrogens is 340 g/mol. The monoisotopic (exact) mass is 360 g/mol. The van der Waals surface area contributed by atoms with Gasteiger partial charge in [0, 0.05) is 24.6 Å². The number of nitrogens with zero attached hydrogens (tertiary/aromatic N) is 5. The number of fused-ring (bicyclic) bond motifs is 2. The highest BCUT2D eigenvalue weighted by molar-refractivity contribution is 5.80. The first-order valence-corrected chi connectivity index (χ1v) is 9.16. The van der Waals surface area contributed by atoms with E-state index in [2.05, 4.69) is 45.6 Å². The molecule has 1 unspecified atom stereocenters. The molecule has 0 spiro atoms. The van der Waals surface area contributed by atoms with Crippen molar-refractivity contribution in [3.05, 3.63) is 59.5 Å². The van der Waals surface area contributed by atoms with E-state index in [1.165, 1.54) is 11.1 Å². The van der Waals surface area contributed by atoms with Gasteiger partial charge in [0.25, 0.3) is 0 Å². The van der Waals surface area contributed by atoms with E-state index in [9.17, 15) is 0 Å². The average Bonchev–Trinajstić information content (AvgIpc) is 3.32. The Morgan fingerprint density at radius 3 is 3.07 bits per heavy atom. The lowest BCUT2D eigenvalue weighted by molar-refractivity contribution is 0.195. The molecule has 27 heavy (non-hydrogen) atoms. The minimum Gasteiger partial charge on any atom is -0.379 e. The number of hydrogen-bond acceptors (Lipinski definition) is 6. The van der Waals surface area contributed by atoms with Crippen molar-refractivity contribution in [2.45, 2.75) is 25.8 Å². The summed E-state index contributed by atoms with van der Waals surface area (Å²) in [6.07, 6.45) is 3.49. The van der Waals surface area contributed by atoms with Gasteiger partial charge in [-0.05, 0) is 54.8 Å². The van der Waals surface area contributed by atoms with E-state index < -0.39 is 0 Å². The topological polar surface area (TPSA) is 77.2 Å². The fourth-order valence-electron chi connectivity index (χ4n) is 3.51. The Labute approximate surface area is 156 Å². The molecule has 0 amide bonds. The van der Waals surface area contributed by atoms with Gasteiger partial charge in [0.05, 0.1) is 18.2 Å². The molecule has 1 N–H and O–H groups in total. The van der Waals surface area contributed by atoms with Gasteiger partial charge in [0.2, 0.25) is 0 Å². The van der Waals surface area contributed by atoms with Crippen LogP contribution in [-0.2, 0) is 11.2 Å². The zero-order chi connectivity index (χ0) is 18.2. The van der Waals surface area contributed by atoms with Gasteiger partial charge in [0.1, 0.15) is 5.82 Å².